The van der Waals surface area contributed by atoms with Crippen molar-refractivity contribution in [2.24, 2.45) is 0 Å². The van der Waals surface area contributed by atoms with Gasteiger partial charge in [0.25, 0.3) is 0 Å². The molecule has 0 radical (unpaired) electrons. The molecule has 0 fully saturated rings. The summed E-state index contributed by atoms with van der Waals surface area (Å²) in [5.41, 5.74) is 5.10. The van der Waals surface area contributed by atoms with Gasteiger partial charge in [0.2, 0.25) is 0 Å². The zero-order valence-corrected chi connectivity index (χ0v) is 32.2. The van der Waals surface area contributed by atoms with Crippen LogP contribution >= 0.6 is 14.5 Å². The Bertz CT molecular complexity index is 2010. The van der Waals surface area contributed by atoms with Gasteiger partial charge in [-0.1, -0.05) is 170 Å². The quantitative estimate of drug-likeness (QED) is 0.0867. The van der Waals surface area contributed by atoms with E-state index < -0.39 is 14.5 Å². The highest BCUT2D eigenvalue weighted by molar-refractivity contribution is 7.95. The molecule has 0 atom stereocenters. The summed E-state index contributed by atoms with van der Waals surface area (Å²) in [6.07, 6.45) is 6.41. The maximum atomic E-state index is 2.33. The minimum atomic E-state index is -1.95. The van der Waals surface area contributed by atoms with Crippen molar-refractivity contribution in [1.82, 2.24) is 0 Å². The maximum absolute atomic E-state index is 2.33. The Hall–Kier alpha value is -5.64. The van der Waals surface area contributed by atoms with Crippen molar-refractivity contribution in [2.75, 3.05) is 0 Å². The molecule has 0 bridgehead atoms. The first-order chi connectivity index (χ1) is 26.7. The molecule has 54 heavy (non-hydrogen) atoms. The second-order valence-electron chi connectivity index (χ2n) is 13.8. The second-order valence-corrected chi connectivity index (χ2v) is 20.7. The number of benzene rings is 8. The van der Waals surface area contributed by atoms with Crippen LogP contribution in [0.25, 0.3) is 12.2 Å². The molecule has 8 aromatic carbocycles. The highest BCUT2D eigenvalue weighted by Gasteiger charge is 2.46. The Labute approximate surface area is 322 Å². The lowest BCUT2D eigenvalue weighted by atomic mass is 10.1. The smallest absolute Gasteiger partial charge is 0.0620 e. The fourth-order valence-electron chi connectivity index (χ4n) is 7.75. The van der Waals surface area contributed by atoms with Gasteiger partial charge >= 0.3 is 0 Å². The summed E-state index contributed by atoms with van der Waals surface area (Å²) in [6, 6.07) is 85.2. The second kappa shape index (κ2) is 16.6. The van der Waals surface area contributed by atoms with Gasteiger partial charge in [0.15, 0.2) is 0 Å². The molecule has 0 unspecified atom stereocenters. The summed E-state index contributed by atoms with van der Waals surface area (Å²) in [6.45, 7) is 0. The van der Waals surface area contributed by atoms with Gasteiger partial charge in [0.1, 0.15) is 46.4 Å². The summed E-state index contributed by atoms with van der Waals surface area (Å²) in [5.74, 6) is 0. The molecule has 2 heteroatoms. The van der Waals surface area contributed by atoms with Crippen LogP contribution in [0.2, 0.25) is 0 Å². The van der Waals surface area contributed by atoms with E-state index in [2.05, 4.69) is 243 Å². The van der Waals surface area contributed by atoms with Gasteiger partial charge in [0.05, 0.1) is 12.3 Å². The van der Waals surface area contributed by atoms with Gasteiger partial charge in [-0.25, -0.2) is 0 Å². The normalized spacial score (nSPS) is 11.8. The molecule has 0 saturated heterocycles. The highest BCUT2D eigenvalue weighted by atomic mass is 31.2. The van der Waals surface area contributed by atoms with Gasteiger partial charge in [-0.15, -0.1) is 0 Å². The van der Waals surface area contributed by atoms with E-state index in [1.165, 1.54) is 54.1 Å². The van der Waals surface area contributed by atoms with Crippen LogP contribution in [0.3, 0.4) is 0 Å². The van der Waals surface area contributed by atoms with Gasteiger partial charge in [-0.2, -0.15) is 0 Å². The molecule has 0 amide bonds. The van der Waals surface area contributed by atoms with E-state index in [0.29, 0.717) is 0 Å². The molecule has 0 nitrogen and oxygen atoms in total. The monoisotopic (exact) mass is 730 g/mol. The molecular formula is C52H44P2+2. The first-order valence-corrected chi connectivity index (χ1v) is 22.6. The van der Waals surface area contributed by atoms with E-state index >= 15 is 0 Å². The van der Waals surface area contributed by atoms with Crippen LogP contribution in [0, 0.1) is 0 Å². The van der Waals surface area contributed by atoms with Gasteiger partial charge < -0.3 is 0 Å². The molecule has 0 spiro atoms. The molecule has 260 valence electrons. The van der Waals surface area contributed by atoms with Crippen molar-refractivity contribution in [3.63, 3.8) is 0 Å². The lowest BCUT2D eigenvalue weighted by molar-refractivity contribution is 1.38. The third-order valence-corrected chi connectivity index (χ3v) is 19.2. The van der Waals surface area contributed by atoms with Gasteiger partial charge in [-0.3, -0.25) is 0 Å². The Balaban J connectivity index is 1.06. The molecular weight excluding hydrogens is 687 g/mol. The Kier molecular flexibility index (Phi) is 10.9. The summed E-state index contributed by atoms with van der Waals surface area (Å²) in [4.78, 5) is 0. The molecule has 0 N–H and O–H groups in total. The number of hydrogen-bond donors (Lipinski definition) is 0. The molecule has 8 aromatic rings. The summed E-state index contributed by atoms with van der Waals surface area (Å²) in [7, 11) is -3.90. The molecule has 0 saturated carbocycles. The van der Waals surface area contributed by atoms with Gasteiger partial charge in [0, 0.05) is 0 Å². The van der Waals surface area contributed by atoms with E-state index in [-0.39, 0.29) is 0 Å². The predicted molar refractivity (Wildman–Crippen MR) is 240 cm³/mol. The average Bonchev–Trinajstić information content (AvgIpc) is 3.27. The molecule has 0 aliphatic carbocycles. The van der Waals surface area contributed by atoms with Crippen LogP contribution in [0.1, 0.15) is 22.3 Å². The Morgan fingerprint density at radius 1 is 0.241 bits per heavy atom. The molecule has 8 rings (SSSR count). The minimum Gasteiger partial charge on any atom is -0.0620 e. The van der Waals surface area contributed by atoms with Crippen molar-refractivity contribution < 1.29 is 0 Å². The largest absolute Gasteiger partial charge is 0.116 e. The van der Waals surface area contributed by atoms with Crippen LogP contribution in [-0.2, 0) is 12.3 Å². The van der Waals surface area contributed by atoms with E-state index in [1.807, 2.05) is 0 Å². The summed E-state index contributed by atoms with van der Waals surface area (Å²) in [5, 5.41) is 8.45. The molecule has 0 aliphatic rings. The van der Waals surface area contributed by atoms with Crippen molar-refractivity contribution >= 4 is 58.5 Å². The molecule has 0 aliphatic heterocycles. The lowest BCUT2D eigenvalue weighted by Crippen LogP contribution is -2.32. The first kappa shape index (κ1) is 35.4. The van der Waals surface area contributed by atoms with Crippen molar-refractivity contribution in [3.8, 4) is 0 Å². The maximum Gasteiger partial charge on any atom is 0.116 e. The van der Waals surface area contributed by atoms with Crippen molar-refractivity contribution in [3.05, 3.63) is 253 Å². The number of hydrogen-bond acceptors (Lipinski definition) is 0. The molecule has 0 aromatic heterocycles. The first-order valence-electron chi connectivity index (χ1n) is 18.7. The lowest BCUT2D eigenvalue weighted by Gasteiger charge is -2.28. The third-order valence-electron chi connectivity index (χ3n) is 10.4. The van der Waals surface area contributed by atoms with Crippen molar-refractivity contribution in [1.29, 1.82) is 0 Å². The summed E-state index contributed by atoms with van der Waals surface area (Å²) >= 11 is 0. The SMILES string of the molecule is C(=C\c1ccc(C[P+](c2ccccc2)(c2ccccc2)c2ccccc2)cc1)/c1ccc(C[P+](c2ccccc2)(c2ccccc2)c2ccccc2)cc1. The third kappa shape index (κ3) is 7.42. The topological polar surface area (TPSA) is 0 Å². The Morgan fingerprint density at radius 2 is 0.444 bits per heavy atom. The minimum absolute atomic E-state index is 0.968. The van der Waals surface area contributed by atoms with E-state index in [1.54, 1.807) is 0 Å². The van der Waals surface area contributed by atoms with Crippen LogP contribution in [0.15, 0.2) is 231 Å². The Morgan fingerprint density at radius 3 is 0.648 bits per heavy atom. The fraction of sp³-hybridized carbons (Fsp3) is 0.0385. The van der Waals surface area contributed by atoms with E-state index in [4.69, 9.17) is 0 Å². The van der Waals surface area contributed by atoms with Crippen LogP contribution in [0.5, 0.6) is 0 Å². The van der Waals surface area contributed by atoms with Gasteiger partial charge in [-0.05, 0) is 95.1 Å². The molecule has 0 heterocycles. The number of rotatable bonds is 12. The van der Waals surface area contributed by atoms with Crippen molar-refractivity contribution in [2.45, 2.75) is 12.3 Å². The van der Waals surface area contributed by atoms with Crippen LogP contribution < -0.4 is 31.8 Å². The van der Waals surface area contributed by atoms with E-state index in [9.17, 15) is 0 Å². The zero-order chi connectivity index (χ0) is 36.5. The predicted octanol–water partition coefficient (Wildman–Crippen LogP) is 10.8. The van der Waals surface area contributed by atoms with E-state index in [0.717, 1.165) is 12.3 Å². The van der Waals surface area contributed by atoms with Crippen LogP contribution in [0.4, 0.5) is 0 Å². The highest BCUT2D eigenvalue weighted by Crippen LogP contribution is 2.59. The standard InChI is InChI=1S/C52H44P2/c1-7-19-47(20-8-1)53(48-21-9-2-10-22-48,49-23-11-3-12-24-49)41-45-37-33-43(34-38-45)31-32-44-35-39-46(40-36-44)42-54(50-25-13-4-14-26-50,51-27-15-5-16-28-51)52-29-17-6-18-30-52/h1-40H,41-42H2/q+2/b32-31+. The average molecular weight is 731 g/mol. The fourth-order valence-corrected chi connectivity index (χ4v) is 16.2. The summed E-state index contributed by atoms with van der Waals surface area (Å²) < 4.78 is 0. The van der Waals surface area contributed by atoms with Crippen LogP contribution in [-0.4, -0.2) is 0 Å². The zero-order valence-electron chi connectivity index (χ0n) is 30.4.